The fraction of sp³-hybridized carbons (Fsp3) is 0. The van der Waals surface area contributed by atoms with Crippen LogP contribution in [-0.4, -0.2) is 11.1 Å². The van der Waals surface area contributed by atoms with Crippen molar-refractivity contribution in [3.05, 3.63) is 59.0 Å². The van der Waals surface area contributed by atoms with Crippen LogP contribution in [0.3, 0.4) is 0 Å². The molecule has 0 aliphatic rings. The summed E-state index contributed by atoms with van der Waals surface area (Å²) in [4.78, 5) is 23.2. The number of rotatable bonds is 4. The molecular weight excluding hydrogens is 250 g/mol. The lowest BCUT2D eigenvalue weighted by molar-refractivity contribution is -0.382. The van der Waals surface area contributed by atoms with Crippen molar-refractivity contribution in [1.82, 2.24) is 0 Å². The zero-order chi connectivity index (χ0) is 13.0. The molecule has 0 aromatic heterocycles. The molecule has 0 atom stereocenters. The zero-order valence-electron chi connectivity index (χ0n) is 9.29. The summed E-state index contributed by atoms with van der Waals surface area (Å²) in [7, 11) is 0. The molecule has 0 fully saturated rings. The summed E-state index contributed by atoms with van der Waals surface area (Å²) in [6, 6.07) is 13.7. The summed E-state index contributed by atoms with van der Waals surface area (Å²) in [6.45, 7) is 0. The molecule has 4 nitrogen and oxygen atoms in total. The standard InChI is InChI=1S/C13H9NO3S/c15-13(16)9-5-1-3-7-11(9)18-12-8-4-2-6-10(12)14-17/h1-8H,(H,15,16)/p+1. The average Bonchev–Trinajstić information content (AvgIpc) is 2.40. The van der Waals surface area contributed by atoms with Gasteiger partial charge in [0, 0.05) is 21.0 Å². The Kier molecular flexibility index (Phi) is 3.74. The minimum absolute atomic E-state index is 0.225. The number of para-hydroxylation sites is 1. The van der Waals surface area contributed by atoms with Gasteiger partial charge in [-0.3, -0.25) is 0 Å². The van der Waals surface area contributed by atoms with Crippen molar-refractivity contribution in [3.63, 3.8) is 0 Å². The van der Waals surface area contributed by atoms with Crippen molar-refractivity contribution in [2.75, 3.05) is 0 Å². The van der Waals surface area contributed by atoms with E-state index in [2.05, 4.69) is 0 Å². The fourth-order valence-electron chi connectivity index (χ4n) is 1.49. The van der Waals surface area contributed by atoms with E-state index in [1.165, 1.54) is 17.8 Å². The molecule has 2 aromatic carbocycles. The van der Waals surface area contributed by atoms with E-state index < -0.39 is 5.97 Å². The monoisotopic (exact) mass is 260 g/mol. The van der Waals surface area contributed by atoms with Gasteiger partial charge in [0.15, 0.2) is 0 Å². The van der Waals surface area contributed by atoms with Gasteiger partial charge in [0.1, 0.15) is 0 Å². The molecule has 5 heteroatoms. The molecule has 2 N–H and O–H groups in total. The topological polar surface area (TPSA) is 68.3 Å². The number of nitrogens with one attached hydrogen (secondary N) is 1. The van der Waals surface area contributed by atoms with Gasteiger partial charge in [0.05, 0.1) is 10.5 Å². The predicted molar refractivity (Wildman–Crippen MR) is 68.0 cm³/mol. The lowest BCUT2D eigenvalue weighted by Gasteiger charge is -2.04. The van der Waals surface area contributed by atoms with E-state index in [9.17, 15) is 9.70 Å². The van der Waals surface area contributed by atoms with Gasteiger partial charge < -0.3 is 5.11 Å². The molecule has 0 unspecified atom stereocenters. The van der Waals surface area contributed by atoms with E-state index in [0.717, 1.165) is 0 Å². The quantitative estimate of drug-likeness (QED) is 0.882. The Labute approximate surface area is 108 Å². The van der Waals surface area contributed by atoms with Crippen molar-refractivity contribution in [3.8, 4) is 0 Å². The van der Waals surface area contributed by atoms with Crippen molar-refractivity contribution in [1.29, 1.82) is 0 Å². The largest absolute Gasteiger partial charge is 0.478 e. The number of carboxylic acids is 1. The number of hydrogen-bond acceptors (Lipinski definition) is 3. The Morgan fingerprint density at radius 2 is 1.61 bits per heavy atom. The fourth-order valence-corrected chi connectivity index (χ4v) is 2.51. The molecule has 0 aliphatic heterocycles. The van der Waals surface area contributed by atoms with Crippen LogP contribution >= 0.6 is 11.8 Å². The second-order valence-electron chi connectivity index (χ2n) is 3.50. The van der Waals surface area contributed by atoms with Gasteiger partial charge in [-0.25, -0.2) is 4.79 Å². The van der Waals surface area contributed by atoms with Gasteiger partial charge in [-0.2, -0.15) is 0 Å². The lowest BCUT2D eigenvalue weighted by Crippen LogP contribution is -2.56. The first-order valence-corrected chi connectivity index (χ1v) is 6.01. The van der Waals surface area contributed by atoms with E-state index in [0.29, 0.717) is 15.5 Å². The third-order valence-corrected chi connectivity index (χ3v) is 3.49. The maximum absolute atomic E-state index is 11.1. The first kappa shape index (κ1) is 12.3. The maximum atomic E-state index is 11.1. The van der Waals surface area contributed by atoms with Crippen LogP contribution in [0.25, 0.3) is 0 Å². The second-order valence-corrected chi connectivity index (χ2v) is 4.59. The van der Waals surface area contributed by atoms with Gasteiger partial charge in [-0.05, 0) is 18.2 Å². The van der Waals surface area contributed by atoms with Crippen molar-refractivity contribution in [2.45, 2.75) is 9.79 Å². The Balaban J connectivity index is 2.40. The molecule has 90 valence electrons. The van der Waals surface area contributed by atoms with Crippen LogP contribution in [0.1, 0.15) is 10.4 Å². The smallest absolute Gasteiger partial charge is 0.336 e. The molecule has 0 amide bonds. The van der Waals surface area contributed by atoms with Gasteiger partial charge in [0.25, 0.3) is 5.69 Å². The normalized spacial score (nSPS) is 10.0. The summed E-state index contributed by atoms with van der Waals surface area (Å²) in [6.07, 6.45) is 0. The van der Waals surface area contributed by atoms with Gasteiger partial charge >= 0.3 is 5.97 Å². The molecule has 2 aromatic rings. The number of carbonyl (C=O) groups is 1. The highest BCUT2D eigenvalue weighted by Gasteiger charge is 2.14. The van der Waals surface area contributed by atoms with Crippen molar-refractivity contribution in [2.24, 2.45) is 0 Å². The highest BCUT2D eigenvalue weighted by molar-refractivity contribution is 7.99. The van der Waals surface area contributed by atoms with Crippen LogP contribution in [-0.2, 0) is 0 Å². The predicted octanol–water partition coefficient (Wildman–Crippen LogP) is 2.01. The number of hydrogen-bond donors (Lipinski definition) is 2. The molecule has 2 rings (SSSR count). The molecule has 0 saturated heterocycles. The minimum atomic E-state index is -0.981. The number of benzene rings is 2. The van der Waals surface area contributed by atoms with Crippen LogP contribution in [0.2, 0.25) is 0 Å². The Morgan fingerprint density at radius 3 is 2.28 bits per heavy atom. The third kappa shape index (κ3) is 2.57. The molecule has 0 spiro atoms. The van der Waals surface area contributed by atoms with E-state index in [-0.39, 0.29) is 5.56 Å². The van der Waals surface area contributed by atoms with E-state index in [1.54, 1.807) is 42.5 Å². The molecule has 0 bridgehead atoms. The van der Waals surface area contributed by atoms with Crippen LogP contribution in [0.5, 0.6) is 0 Å². The number of nitroso groups, excluding NO2 is 1. The molecule has 0 saturated carbocycles. The van der Waals surface area contributed by atoms with E-state index in [4.69, 9.17) is 5.11 Å². The van der Waals surface area contributed by atoms with E-state index >= 15 is 0 Å². The SMILES string of the molecule is O=[NH+]c1ccccc1Sc1ccccc1C(=O)O. The Hall–Kier alpha value is -2.14. The Morgan fingerprint density at radius 1 is 1.00 bits per heavy atom. The van der Waals surface area contributed by atoms with Crippen molar-refractivity contribution >= 4 is 23.4 Å². The number of carboxylic acid groups (broad SMARTS) is 1. The molecule has 18 heavy (non-hydrogen) atoms. The average molecular weight is 260 g/mol. The van der Waals surface area contributed by atoms with Crippen LogP contribution in [0.4, 0.5) is 5.69 Å². The number of aromatic carboxylic acids is 1. The molecule has 0 aliphatic carbocycles. The molecule has 0 heterocycles. The highest BCUT2D eigenvalue weighted by Crippen LogP contribution is 2.33. The van der Waals surface area contributed by atoms with Gasteiger partial charge in [-0.15, -0.1) is 0 Å². The minimum Gasteiger partial charge on any atom is -0.478 e. The van der Waals surface area contributed by atoms with Crippen LogP contribution in [0, 0.1) is 4.91 Å². The first-order chi connectivity index (χ1) is 8.72. The van der Waals surface area contributed by atoms with Gasteiger partial charge in [-0.1, -0.05) is 36.0 Å². The van der Waals surface area contributed by atoms with Crippen molar-refractivity contribution < 1.29 is 15.1 Å². The summed E-state index contributed by atoms with van der Waals surface area (Å²) in [5.74, 6) is -0.981. The van der Waals surface area contributed by atoms with E-state index in [1.807, 2.05) is 5.18 Å². The Bertz CT molecular complexity index is 598. The van der Waals surface area contributed by atoms with Gasteiger partial charge in [0.2, 0.25) is 0 Å². The molecular formula is C13H10NO3S+. The summed E-state index contributed by atoms with van der Waals surface area (Å²) < 4.78 is 0. The summed E-state index contributed by atoms with van der Waals surface area (Å²) in [5, 5.41) is 10.9. The second kappa shape index (κ2) is 5.46. The lowest BCUT2D eigenvalue weighted by atomic mass is 10.2. The maximum Gasteiger partial charge on any atom is 0.336 e. The van der Waals surface area contributed by atoms with Crippen LogP contribution < -0.4 is 5.18 Å². The third-order valence-electron chi connectivity index (χ3n) is 2.33. The first-order valence-electron chi connectivity index (χ1n) is 5.19. The molecule has 0 radical (unpaired) electrons. The summed E-state index contributed by atoms with van der Waals surface area (Å²) in [5.41, 5.74) is 0.658. The highest BCUT2D eigenvalue weighted by atomic mass is 32.2. The van der Waals surface area contributed by atoms with Crippen LogP contribution in [0.15, 0.2) is 58.3 Å². The zero-order valence-corrected chi connectivity index (χ0v) is 10.1. The summed E-state index contributed by atoms with van der Waals surface area (Å²) >= 11 is 1.25.